The van der Waals surface area contributed by atoms with Crippen molar-refractivity contribution in [3.63, 3.8) is 0 Å². The molecule has 0 aliphatic carbocycles. The molecule has 5 nitrogen and oxygen atoms in total. The van der Waals surface area contributed by atoms with E-state index in [1.807, 2.05) is 0 Å². The maximum Gasteiger partial charge on any atom is 0.416 e. The number of primary sulfonamides is 1. The number of halogens is 5. The number of nitrogens with zero attached hydrogens (tertiary/aromatic N) is 2. The molecule has 0 saturated heterocycles. The van der Waals surface area contributed by atoms with E-state index in [0.29, 0.717) is 16.1 Å². The standard InChI is InChI=1S/C17H13ClF3N3O2S2.ClH/c1-24-14(10-5-6-13(18)15(7-10)28(22,25)26)9-27-16(24)23-12-4-2-3-11(8-12)17(19,20)21;/h2-9H,1H3,(H2,22,25,26);1H. The fraction of sp³-hybridized carbons (Fsp3) is 0.118. The lowest BCUT2D eigenvalue weighted by molar-refractivity contribution is -0.137. The Hall–Kier alpha value is -1.85. The quantitative estimate of drug-likeness (QED) is 0.584. The summed E-state index contributed by atoms with van der Waals surface area (Å²) in [4.78, 5) is 4.48. The number of aromatic nitrogens is 1. The first-order valence-corrected chi connectivity index (χ1v) is 10.5. The number of thiazole rings is 1. The summed E-state index contributed by atoms with van der Waals surface area (Å²) in [6.45, 7) is 0. The third kappa shape index (κ3) is 5.20. The number of hydrogen-bond donors (Lipinski definition) is 1. The molecule has 0 spiro atoms. The first-order chi connectivity index (χ1) is 13.0. The molecule has 0 aliphatic rings. The monoisotopic (exact) mass is 483 g/mol. The SMILES string of the molecule is Cl.Cn1c(-c2ccc(Cl)c(S(N)(=O)=O)c2)csc1=Nc1cccc(C(F)(F)F)c1. The number of rotatable bonds is 3. The molecular formula is C17H14Cl2F3N3O2S2. The lowest BCUT2D eigenvalue weighted by Gasteiger charge is -2.07. The molecule has 0 unspecified atom stereocenters. The van der Waals surface area contributed by atoms with Crippen molar-refractivity contribution in [1.29, 1.82) is 0 Å². The Morgan fingerprint density at radius 3 is 2.48 bits per heavy atom. The zero-order valence-corrected chi connectivity index (χ0v) is 17.8. The predicted molar refractivity (Wildman–Crippen MR) is 109 cm³/mol. The van der Waals surface area contributed by atoms with E-state index in [4.69, 9.17) is 16.7 Å². The van der Waals surface area contributed by atoms with Gasteiger partial charge in [0.05, 0.1) is 22.0 Å². The molecule has 0 saturated carbocycles. The van der Waals surface area contributed by atoms with Gasteiger partial charge in [-0.05, 0) is 30.3 Å². The van der Waals surface area contributed by atoms with Crippen LogP contribution in [0, 0.1) is 0 Å². The molecule has 2 aromatic carbocycles. The van der Waals surface area contributed by atoms with Crippen LogP contribution in [-0.2, 0) is 23.2 Å². The Balaban J connectivity index is 0.00000300. The van der Waals surface area contributed by atoms with Crippen molar-refractivity contribution in [3.8, 4) is 11.3 Å². The van der Waals surface area contributed by atoms with Crippen molar-refractivity contribution in [2.45, 2.75) is 11.1 Å². The average molecular weight is 484 g/mol. The molecule has 12 heteroatoms. The molecular weight excluding hydrogens is 470 g/mol. The van der Waals surface area contributed by atoms with Crippen LogP contribution >= 0.6 is 35.3 Å². The molecule has 0 radical (unpaired) electrons. The second-order valence-electron chi connectivity index (χ2n) is 5.81. The Morgan fingerprint density at radius 1 is 1.17 bits per heavy atom. The molecule has 0 fully saturated rings. The summed E-state index contributed by atoms with van der Waals surface area (Å²) >= 11 is 7.10. The topological polar surface area (TPSA) is 77.5 Å². The lowest BCUT2D eigenvalue weighted by atomic mass is 10.2. The van der Waals surface area contributed by atoms with Gasteiger partial charge >= 0.3 is 6.18 Å². The summed E-state index contributed by atoms with van der Waals surface area (Å²) in [5, 5.41) is 6.88. The van der Waals surface area contributed by atoms with Gasteiger partial charge in [-0.2, -0.15) is 13.2 Å². The Kier molecular flexibility index (Phi) is 6.86. The minimum Gasteiger partial charge on any atom is -0.320 e. The minimum atomic E-state index is -4.46. The maximum absolute atomic E-state index is 12.9. The minimum absolute atomic E-state index is 0. The van der Waals surface area contributed by atoms with Crippen molar-refractivity contribution >= 4 is 51.1 Å². The fourth-order valence-corrected chi connectivity index (χ4v) is 4.47. The smallest absolute Gasteiger partial charge is 0.320 e. The lowest BCUT2D eigenvalue weighted by Crippen LogP contribution is -2.14. The zero-order chi connectivity index (χ0) is 20.7. The highest BCUT2D eigenvalue weighted by Crippen LogP contribution is 2.31. The van der Waals surface area contributed by atoms with Gasteiger partial charge in [-0.1, -0.05) is 23.7 Å². The predicted octanol–water partition coefficient (Wildman–Crippen LogP) is 4.73. The van der Waals surface area contributed by atoms with E-state index in [2.05, 4.69) is 4.99 Å². The summed E-state index contributed by atoms with van der Waals surface area (Å²) in [5.74, 6) is 0. The van der Waals surface area contributed by atoms with Crippen LogP contribution in [0.3, 0.4) is 0 Å². The van der Waals surface area contributed by atoms with Gasteiger partial charge in [0.25, 0.3) is 0 Å². The third-order valence-electron chi connectivity index (χ3n) is 3.86. The molecule has 29 heavy (non-hydrogen) atoms. The Labute approximate surface area is 179 Å². The Bertz CT molecular complexity index is 1220. The molecule has 0 bridgehead atoms. The molecule has 1 aromatic heterocycles. The van der Waals surface area contributed by atoms with Crippen LogP contribution in [0.25, 0.3) is 11.3 Å². The summed E-state index contributed by atoms with van der Waals surface area (Å²) in [7, 11) is -2.33. The maximum atomic E-state index is 12.9. The second-order valence-corrected chi connectivity index (χ2v) is 8.59. The van der Waals surface area contributed by atoms with E-state index < -0.39 is 21.8 Å². The number of hydrogen-bond acceptors (Lipinski definition) is 4. The highest BCUT2D eigenvalue weighted by Gasteiger charge is 2.30. The van der Waals surface area contributed by atoms with Crippen molar-refractivity contribution in [1.82, 2.24) is 4.57 Å². The van der Waals surface area contributed by atoms with Crippen molar-refractivity contribution in [2.24, 2.45) is 17.2 Å². The largest absolute Gasteiger partial charge is 0.416 e. The van der Waals surface area contributed by atoms with Gasteiger partial charge in [-0.25, -0.2) is 18.5 Å². The van der Waals surface area contributed by atoms with Crippen molar-refractivity contribution in [3.05, 3.63) is 63.2 Å². The summed E-state index contributed by atoms with van der Waals surface area (Å²) in [6.07, 6.45) is -4.46. The fourth-order valence-electron chi connectivity index (χ4n) is 2.48. The highest BCUT2D eigenvalue weighted by molar-refractivity contribution is 7.89. The van der Waals surface area contributed by atoms with Gasteiger partial charge in [-0.15, -0.1) is 23.7 Å². The van der Waals surface area contributed by atoms with Gasteiger partial charge in [0.2, 0.25) is 10.0 Å². The van der Waals surface area contributed by atoms with Crippen LogP contribution in [0.5, 0.6) is 0 Å². The Morgan fingerprint density at radius 2 is 1.86 bits per heavy atom. The van der Waals surface area contributed by atoms with E-state index in [1.54, 1.807) is 23.1 Å². The summed E-state index contributed by atoms with van der Waals surface area (Å²) in [5.41, 5.74) is 0.499. The number of nitrogens with two attached hydrogens (primary N) is 1. The highest BCUT2D eigenvalue weighted by atomic mass is 35.5. The van der Waals surface area contributed by atoms with E-state index in [0.717, 1.165) is 12.1 Å². The molecule has 1 heterocycles. The molecule has 2 N–H and O–H groups in total. The molecule has 3 rings (SSSR count). The van der Waals surface area contributed by atoms with Crippen LogP contribution in [-0.4, -0.2) is 13.0 Å². The number of alkyl halides is 3. The molecule has 156 valence electrons. The van der Waals surface area contributed by atoms with E-state index in [1.165, 1.54) is 35.6 Å². The molecule has 0 atom stereocenters. The molecule has 3 aromatic rings. The first-order valence-electron chi connectivity index (χ1n) is 7.66. The first kappa shape index (κ1) is 23.4. The van der Waals surface area contributed by atoms with Crippen LogP contribution < -0.4 is 9.94 Å². The summed E-state index contributed by atoms with van der Waals surface area (Å²) < 4.78 is 63.6. The van der Waals surface area contributed by atoms with Crippen molar-refractivity contribution in [2.75, 3.05) is 0 Å². The second kappa shape index (κ2) is 8.49. The van der Waals surface area contributed by atoms with Crippen LogP contribution in [0.1, 0.15) is 5.56 Å². The number of sulfonamides is 1. The van der Waals surface area contributed by atoms with E-state index in [9.17, 15) is 21.6 Å². The van der Waals surface area contributed by atoms with Gasteiger partial charge < -0.3 is 4.57 Å². The van der Waals surface area contributed by atoms with Crippen LogP contribution in [0.4, 0.5) is 18.9 Å². The number of benzene rings is 2. The van der Waals surface area contributed by atoms with E-state index in [-0.39, 0.29) is 28.0 Å². The zero-order valence-electron chi connectivity index (χ0n) is 14.6. The normalized spacial score (nSPS) is 12.7. The van der Waals surface area contributed by atoms with Gasteiger partial charge in [0, 0.05) is 18.0 Å². The van der Waals surface area contributed by atoms with Crippen LogP contribution in [0.2, 0.25) is 5.02 Å². The average Bonchev–Trinajstić information content (AvgIpc) is 2.95. The third-order valence-corrected chi connectivity index (χ3v) is 6.17. The van der Waals surface area contributed by atoms with Gasteiger partial charge in [-0.3, -0.25) is 0 Å². The van der Waals surface area contributed by atoms with Crippen LogP contribution in [0.15, 0.2) is 57.7 Å². The molecule has 0 amide bonds. The van der Waals surface area contributed by atoms with E-state index >= 15 is 0 Å². The van der Waals surface area contributed by atoms with Gasteiger partial charge in [0.1, 0.15) is 4.90 Å². The summed E-state index contributed by atoms with van der Waals surface area (Å²) in [6, 6.07) is 9.06. The van der Waals surface area contributed by atoms with Crippen molar-refractivity contribution < 1.29 is 21.6 Å². The molecule has 0 aliphatic heterocycles. The van der Waals surface area contributed by atoms with Gasteiger partial charge in [0.15, 0.2) is 4.80 Å².